The molecule has 0 atom stereocenters. The van der Waals surface area contributed by atoms with Gasteiger partial charge in [-0.25, -0.2) is 9.18 Å². The van der Waals surface area contributed by atoms with Gasteiger partial charge in [0.25, 0.3) is 0 Å². The highest BCUT2D eigenvalue weighted by Crippen LogP contribution is 2.28. The second-order valence-electron chi connectivity index (χ2n) is 7.42. The molecule has 5 nitrogen and oxygen atoms in total. The summed E-state index contributed by atoms with van der Waals surface area (Å²) in [6, 6.07) is 24.4. The minimum atomic E-state index is -1.17. The van der Waals surface area contributed by atoms with Crippen LogP contribution in [0.15, 0.2) is 78.9 Å². The number of halogens is 1. The van der Waals surface area contributed by atoms with Gasteiger partial charge in [-0.2, -0.15) is 0 Å². The van der Waals surface area contributed by atoms with Gasteiger partial charge in [-0.3, -0.25) is 0 Å². The third-order valence-corrected chi connectivity index (χ3v) is 5.04. The molecule has 0 aromatic heterocycles. The van der Waals surface area contributed by atoms with Gasteiger partial charge in [-0.05, 0) is 70.8 Å². The Morgan fingerprint density at radius 3 is 2.33 bits per heavy atom. The maximum atomic E-state index is 14.1. The summed E-state index contributed by atoms with van der Waals surface area (Å²) in [6.07, 6.45) is 0. The summed E-state index contributed by atoms with van der Waals surface area (Å²) in [7, 11) is 0. The largest absolute Gasteiger partial charge is 0.494 e. The van der Waals surface area contributed by atoms with E-state index in [1.807, 2.05) is 43.3 Å². The van der Waals surface area contributed by atoms with E-state index >= 15 is 0 Å². The van der Waals surface area contributed by atoms with Crippen molar-refractivity contribution in [2.24, 2.45) is 0 Å². The molecule has 0 bridgehead atoms. The number of ether oxygens (including phenoxy) is 3. The number of carboxylic acid groups (broad SMARTS) is 1. The van der Waals surface area contributed by atoms with Crippen LogP contribution in [0.4, 0.5) is 4.39 Å². The molecule has 0 saturated carbocycles. The lowest BCUT2D eigenvalue weighted by Gasteiger charge is -2.11. The van der Waals surface area contributed by atoms with E-state index in [1.54, 1.807) is 6.07 Å². The maximum absolute atomic E-state index is 14.1. The molecule has 0 unspecified atom stereocenters. The van der Waals surface area contributed by atoms with Crippen LogP contribution in [0.3, 0.4) is 0 Å². The van der Waals surface area contributed by atoms with Crippen molar-refractivity contribution in [2.75, 3.05) is 13.2 Å². The predicted octanol–water partition coefficient (Wildman–Crippen LogP) is 6.09. The van der Waals surface area contributed by atoms with Crippen molar-refractivity contribution in [3.8, 4) is 28.4 Å². The molecule has 0 fully saturated rings. The van der Waals surface area contributed by atoms with E-state index in [0.29, 0.717) is 12.4 Å². The number of rotatable bonds is 9. The van der Waals surface area contributed by atoms with Gasteiger partial charge < -0.3 is 19.3 Å². The van der Waals surface area contributed by atoms with Gasteiger partial charge in [0, 0.05) is 6.07 Å². The minimum absolute atomic E-state index is 0.128. The van der Waals surface area contributed by atoms with Crippen molar-refractivity contribution < 1.29 is 28.5 Å². The zero-order valence-electron chi connectivity index (χ0n) is 18.1. The first kappa shape index (κ1) is 22.1. The Labute approximate surface area is 191 Å². The molecule has 1 N–H and O–H groups in total. The number of carboxylic acids is 1. The van der Waals surface area contributed by atoms with Crippen LogP contribution in [0.1, 0.15) is 12.5 Å². The number of hydrogen-bond acceptors (Lipinski definition) is 4. The Hall–Kier alpha value is -4.06. The predicted molar refractivity (Wildman–Crippen MR) is 124 cm³/mol. The van der Waals surface area contributed by atoms with Crippen molar-refractivity contribution in [2.45, 2.75) is 13.5 Å². The number of aliphatic carboxylic acids is 1. The maximum Gasteiger partial charge on any atom is 0.341 e. The molecule has 0 aliphatic rings. The molecular weight excluding hydrogens is 423 g/mol. The van der Waals surface area contributed by atoms with Crippen molar-refractivity contribution in [1.29, 1.82) is 0 Å². The van der Waals surface area contributed by atoms with Gasteiger partial charge in [0.2, 0.25) is 0 Å². The van der Waals surface area contributed by atoms with Gasteiger partial charge in [0.05, 0.1) is 6.61 Å². The molecule has 0 aliphatic carbocycles. The smallest absolute Gasteiger partial charge is 0.341 e. The van der Waals surface area contributed by atoms with Gasteiger partial charge >= 0.3 is 5.97 Å². The van der Waals surface area contributed by atoms with E-state index < -0.39 is 18.4 Å². The fourth-order valence-corrected chi connectivity index (χ4v) is 3.50. The molecule has 4 aromatic carbocycles. The van der Waals surface area contributed by atoms with Crippen LogP contribution < -0.4 is 14.2 Å². The summed E-state index contributed by atoms with van der Waals surface area (Å²) in [6.45, 7) is 2.25. The third-order valence-electron chi connectivity index (χ3n) is 5.04. The lowest BCUT2D eigenvalue weighted by molar-refractivity contribution is -0.139. The Kier molecular flexibility index (Phi) is 6.74. The molecule has 0 spiro atoms. The van der Waals surface area contributed by atoms with Crippen molar-refractivity contribution in [3.05, 3.63) is 90.2 Å². The second kappa shape index (κ2) is 10.0. The number of fused-ring (bicyclic) bond motifs is 1. The molecule has 4 aromatic rings. The van der Waals surface area contributed by atoms with E-state index in [9.17, 15) is 9.18 Å². The highest BCUT2D eigenvalue weighted by Gasteiger charge is 2.08. The summed E-state index contributed by atoms with van der Waals surface area (Å²) in [5.74, 6) is -0.787. The topological polar surface area (TPSA) is 65.0 Å². The summed E-state index contributed by atoms with van der Waals surface area (Å²) in [5.41, 5.74) is 3.07. The van der Waals surface area contributed by atoms with Crippen LogP contribution in [0.5, 0.6) is 17.2 Å². The minimum Gasteiger partial charge on any atom is -0.494 e. The molecule has 4 rings (SSSR count). The summed E-state index contributed by atoms with van der Waals surface area (Å²) < 4.78 is 30.3. The first-order valence-corrected chi connectivity index (χ1v) is 10.5. The monoisotopic (exact) mass is 446 g/mol. The van der Waals surface area contributed by atoms with E-state index in [0.717, 1.165) is 33.2 Å². The molecule has 0 radical (unpaired) electrons. The number of benzene rings is 4. The molecule has 0 aliphatic heterocycles. The molecule has 168 valence electrons. The highest BCUT2D eigenvalue weighted by atomic mass is 19.1. The van der Waals surface area contributed by atoms with Crippen LogP contribution in [0.25, 0.3) is 21.9 Å². The van der Waals surface area contributed by atoms with E-state index in [4.69, 9.17) is 19.3 Å². The van der Waals surface area contributed by atoms with Gasteiger partial charge in [-0.1, -0.05) is 36.4 Å². The summed E-state index contributed by atoms with van der Waals surface area (Å²) in [5, 5.41) is 10.9. The molecule has 0 amide bonds. The van der Waals surface area contributed by atoms with Gasteiger partial charge in [0.1, 0.15) is 18.1 Å². The van der Waals surface area contributed by atoms with Crippen molar-refractivity contribution in [3.63, 3.8) is 0 Å². The summed E-state index contributed by atoms with van der Waals surface area (Å²) in [4.78, 5) is 10.6. The first-order chi connectivity index (χ1) is 16.0. The van der Waals surface area contributed by atoms with Crippen LogP contribution in [-0.2, 0) is 11.4 Å². The molecular formula is C27H23FO5. The van der Waals surface area contributed by atoms with Crippen LogP contribution in [-0.4, -0.2) is 24.3 Å². The Morgan fingerprint density at radius 2 is 1.55 bits per heavy atom. The molecule has 0 saturated heterocycles. The third kappa shape index (κ3) is 5.60. The number of carbonyl (C=O) groups is 1. The van der Waals surface area contributed by atoms with Gasteiger partial charge in [-0.15, -0.1) is 0 Å². The van der Waals surface area contributed by atoms with Crippen LogP contribution in [0.2, 0.25) is 0 Å². The van der Waals surface area contributed by atoms with E-state index in [2.05, 4.69) is 24.3 Å². The lowest BCUT2D eigenvalue weighted by Crippen LogP contribution is -2.10. The van der Waals surface area contributed by atoms with Gasteiger partial charge in [0.15, 0.2) is 18.2 Å². The lowest BCUT2D eigenvalue weighted by atomic mass is 10.00. The summed E-state index contributed by atoms with van der Waals surface area (Å²) >= 11 is 0. The van der Waals surface area contributed by atoms with E-state index in [1.165, 1.54) is 12.1 Å². The Morgan fingerprint density at radius 1 is 0.818 bits per heavy atom. The average molecular weight is 446 g/mol. The number of hydrogen-bond donors (Lipinski definition) is 1. The average Bonchev–Trinajstić information content (AvgIpc) is 2.82. The second-order valence-corrected chi connectivity index (χ2v) is 7.42. The molecule has 6 heteroatoms. The van der Waals surface area contributed by atoms with Crippen molar-refractivity contribution in [1.82, 2.24) is 0 Å². The zero-order valence-corrected chi connectivity index (χ0v) is 18.1. The quantitative estimate of drug-likeness (QED) is 0.337. The standard InChI is InChI=1S/C27H23FO5/c1-2-31-23-9-8-21-13-20(6-7-22(21)14-23)19-5-3-4-18(12-19)16-32-24-10-11-26(25(28)15-24)33-17-27(29)30/h3-15H,2,16-17H2,1H3,(H,29,30). The highest BCUT2D eigenvalue weighted by molar-refractivity contribution is 5.88. The first-order valence-electron chi connectivity index (χ1n) is 10.5. The molecule has 33 heavy (non-hydrogen) atoms. The van der Waals surface area contributed by atoms with Crippen molar-refractivity contribution >= 4 is 16.7 Å². The zero-order chi connectivity index (χ0) is 23.2. The molecule has 0 heterocycles. The van der Waals surface area contributed by atoms with Crippen LogP contribution >= 0.6 is 0 Å². The Bertz CT molecular complexity index is 1280. The normalized spacial score (nSPS) is 10.7. The SMILES string of the molecule is CCOc1ccc2cc(-c3cccc(COc4ccc(OCC(=O)O)c(F)c4)c3)ccc2c1. The van der Waals surface area contributed by atoms with Crippen LogP contribution in [0, 0.1) is 5.82 Å². The van der Waals surface area contributed by atoms with E-state index in [-0.39, 0.29) is 12.4 Å². The Balaban J connectivity index is 1.46. The fourth-order valence-electron chi connectivity index (χ4n) is 3.50. The fraction of sp³-hybridized carbons (Fsp3) is 0.148.